The van der Waals surface area contributed by atoms with E-state index < -0.39 is 0 Å². The van der Waals surface area contributed by atoms with Crippen LogP contribution in [0.1, 0.15) is 58.9 Å². The van der Waals surface area contributed by atoms with Crippen molar-refractivity contribution in [3.63, 3.8) is 0 Å². The molecule has 1 amide bonds. The molecule has 21 heavy (non-hydrogen) atoms. The number of thiophene rings is 1. The fraction of sp³-hybridized carbons (Fsp3) is 0.625. The van der Waals surface area contributed by atoms with Crippen LogP contribution in [0, 0.1) is 5.92 Å². The van der Waals surface area contributed by atoms with Crippen LogP contribution in [0.5, 0.6) is 0 Å². The van der Waals surface area contributed by atoms with Gasteiger partial charge in [-0.2, -0.15) is 0 Å². The number of amides is 1. The van der Waals surface area contributed by atoms with Gasteiger partial charge in [0.1, 0.15) is 0 Å². The molecule has 2 rings (SSSR count). The van der Waals surface area contributed by atoms with Crippen LogP contribution in [0.4, 0.5) is 0 Å². The summed E-state index contributed by atoms with van der Waals surface area (Å²) in [6, 6.07) is 3.39. The first-order valence-corrected chi connectivity index (χ1v) is 8.40. The zero-order chi connectivity index (χ0) is 15.2. The topological polar surface area (TPSA) is 55.4 Å². The van der Waals surface area contributed by atoms with Crippen LogP contribution in [-0.4, -0.2) is 30.9 Å². The maximum atomic E-state index is 11.9. The highest BCUT2D eigenvalue weighted by molar-refractivity contribution is 7.15. The summed E-state index contributed by atoms with van der Waals surface area (Å²) in [6.45, 7) is 4.80. The van der Waals surface area contributed by atoms with E-state index in [2.05, 4.69) is 12.2 Å². The first-order valence-electron chi connectivity index (χ1n) is 7.58. The monoisotopic (exact) mass is 309 g/mol. The molecule has 0 bridgehead atoms. The Morgan fingerprint density at radius 2 is 2.00 bits per heavy atom. The van der Waals surface area contributed by atoms with Gasteiger partial charge in [0, 0.05) is 6.54 Å². The minimum atomic E-state index is -0.132. The summed E-state index contributed by atoms with van der Waals surface area (Å²) >= 11 is 1.23. The van der Waals surface area contributed by atoms with Crippen molar-refractivity contribution in [1.29, 1.82) is 0 Å². The maximum absolute atomic E-state index is 11.9. The van der Waals surface area contributed by atoms with E-state index in [9.17, 15) is 9.59 Å². The largest absolute Gasteiger partial charge is 0.376 e. The first kappa shape index (κ1) is 16.2. The molecule has 0 saturated heterocycles. The van der Waals surface area contributed by atoms with Gasteiger partial charge < -0.3 is 10.1 Å². The molecule has 1 aromatic rings. The van der Waals surface area contributed by atoms with Gasteiger partial charge in [-0.25, -0.2) is 0 Å². The highest BCUT2D eigenvalue weighted by atomic mass is 32.1. The number of hydrogen-bond acceptors (Lipinski definition) is 4. The fourth-order valence-corrected chi connectivity index (χ4v) is 3.46. The normalized spacial score (nSPS) is 22.0. The van der Waals surface area contributed by atoms with Gasteiger partial charge in [0.25, 0.3) is 5.91 Å². The second kappa shape index (κ2) is 7.71. The molecule has 5 heteroatoms. The number of carbonyl (C=O) groups excluding carboxylic acids is 2. The predicted octanol–water partition coefficient (Wildman–Crippen LogP) is 3.28. The minimum Gasteiger partial charge on any atom is -0.376 e. The maximum Gasteiger partial charge on any atom is 0.261 e. The van der Waals surface area contributed by atoms with Gasteiger partial charge in [0.2, 0.25) is 0 Å². The van der Waals surface area contributed by atoms with Crippen molar-refractivity contribution in [3.8, 4) is 0 Å². The van der Waals surface area contributed by atoms with Gasteiger partial charge >= 0.3 is 0 Å². The molecule has 0 radical (unpaired) electrons. The number of Topliss-reactive ketones (excluding diaryl/α,β-unsaturated/α-hetero) is 1. The number of nitrogens with one attached hydrogen (secondary N) is 1. The van der Waals surface area contributed by atoms with E-state index in [1.54, 1.807) is 12.1 Å². The standard InChI is InChI=1S/C16H23NO3S/c1-11-5-3-4-6-13(11)20-10-9-17-16(19)15-8-7-14(21-15)12(2)18/h7-8,11,13H,3-6,9-10H2,1-2H3,(H,17,19). The highest BCUT2D eigenvalue weighted by Gasteiger charge is 2.21. The molecule has 1 saturated carbocycles. The predicted molar refractivity (Wildman–Crippen MR) is 84.0 cm³/mol. The first-order chi connectivity index (χ1) is 10.1. The number of ether oxygens (including phenoxy) is 1. The third-order valence-corrected chi connectivity index (χ3v) is 5.11. The molecule has 1 aromatic heterocycles. The van der Waals surface area contributed by atoms with Crippen LogP contribution < -0.4 is 5.32 Å². The summed E-state index contributed by atoms with van der Waals surface area (Å²) < 4.78 is 5.86. The van der Waals surface area contributed by atoms with Crippen LogP contribution in [0.25, 0.3) is 0 Å². The molecule has 0 spiro atoms. The Morgan fingerprint density at radius 1 is 1.29 bits per heavy atom. The van der Waals surface area contributed by atoms with E-state index in [-0.39, 0.29) is 11.7 Å². The van der Waals surface area contributed by atoms with Crippen molar-refractivity contribution in [2.75, 3.05) is 13.2 Å². The van der Waals surface area contributed by atoms with E-state index in [0.717, 1.165) is 6.42 Å². The van der Waals surface area contributed by atoms with Gasteiger partial charge in [-0.3, -0.25) is 9.59 Å². The Hall–Kier alpha value is -1.20. The SMILES string of the molecule is CC(=O)c1ccc(C(=O)NCCOC2CCCCC2C)s1. The second-order valence-corrected chi connectivity index (χ2v) is 6.73. The average molecular weight is 309 g/mol. The van der Waals surface area contributed by atoms with Gasteiger partial charge in [0.05, 0.1) is 22.5 Å². The van der Waals surface area contributed by atoms with E-state index in [1.807, 2.05) is 0 Å². The zero-order valence-corrected chi connectivity index (χ0v) is 13.5. The molecule has 2 unspecified atom stereocenters. The van der Waals surface area contributed by atoms with Crippen LogP contribution in [-0.2, 0) is 4.74 Å². The molecular weight excluding hydrogens is 286 g/mol. The van der Waals surface area contributed by atoms with E-state index >= 15 is 0 Å². The van der Waals surface area contributed by atoms with E-state index in [0.29, 0.717) is 34.9 Å². The lowest BCUT2D eigenvalue weighted by atomic mass is 9.88. The van der Waals surface area contributed by atoms with Crippen LogP contribution in [0.3, 0.4) is 0 Å². The van der Waals surface area contributed by atoms with Crippen molar-refractivity contribution in [2.24, 2.45) is 5.92 Å². The minimum absolute atomic E-state index is 0.00586. The van der Waals surface area contributed by atoms with Crippen molar-refractivity contribution >= 4 is 23.0 Å². The van der Waals surface area contributed by atoms with Gasteiger partial charge in [0.15, 0.2) is 5.78 Å². The molecule has 1 fully saturated rings. The summed E-state index contributed by atoms with van der Waals surface area (Å²) in [7, 11) is 0. The molecular formula is C16H23NO3S. The summed E-state index contributed by atoms with van der Waals surface area (Å²) in [5, 5.41) is 2.84. The van der Waals surface area contributed by atoms with E-state index in [1.165, 1.54) is 37.5 Å². The lowest BCUT2D eigenvalue weighted by Gasteiger charge is -2.28. The van der Waals surface area contributed by atoms with E-state index in [4.69, 9.17) is 4.74 Å². The molecule has 1 aliphatic carbocycles. The Balaban J connectivity index is 1.70. The van der Waals surface area contributed by atoms with Gasteiger partial charge in [-0.1, -0.05) is 19.8 Å². The summed E-state index contributed by atoms with van der Waals surface area (Å²) in [4.78, 5) is 24.3. The van der Waals surface area contributed by atoms with Crippen LogP contribution in [0.2, 0.25) is 0 Å². The number of hydrogen-bond donors (Lipinski definition) is 1. The molecule has 2 atom stereocenters. The molecule has 0 aromatic carbocycles. The van der Waals surface area contributed by atoms with Crippen LogP contribution in [0.15, 0.2) is 12.1 Å². The smallest absolute Gasteiger partial charge is 0.261 e. The Labute approximate surface area is 129 Å². The third kappa shape index (κ3) is 4.64. The van der Waals surface area contributed by atoms with Crippen LogP contribution >= 0.6 is 11.3 Å². The van der Waals surface area contributed by atoms with Crippen molar-refractivity contribution in [3.05, 3.63) is 21.9 Å². The van der Waals surface area contributed by atoms with Gasteiger partial charge in [-0.15, -0.1) is 11.3 Å². The molecule has 1 N–H and O–H groups in total. The van der Waals surface area contributed by atoms with Crippen molar-refractivity contribution in [2.45, 2.75) is 45.6 Å². The van der Waals surface area contributed by atoms with Crippen molar-refractivity contribution < 1.29 is 14.3 Å². The third-order valence-electron chi connectivity index (χ3n) is 3.93. The fourth-order valence-electron chi connectivity index (χ4n) is 2.64. The van der Waals surface area contributed by atoms with Gasteiger partial charge in [-0.05, 0) is 37.8 Å². The lowest BCUT2D eigenvalue weighted by molar-refractivity contribution is -0.00292. The summed E-state index contributed by atoms with van der Waals surface area (Å²) in [5.74, 6) is 0.478. The quantitative estimate of drug-likeness (QED) is 0.648. The highest BCUT2D eigenvalue weighted by Crippen LogP contribution is 2.26. The second-order valence-electron chi connectivity index (χ2n) is 5.65. The molecule has 1 heterocycles. The Bertz CT molecular complexity index is 497. The lowest BCUT2D eigenvalue weighted by Crippen LogP contribution is -2.31. The average Bonchev–Trinajstić information content (AvgIpc) is 2.95. The Kier molecular flexibility index (Phi) is 5.94. The summed E-state index contributed by atoms with van der Waals surface area (Å²) in [6.07, 6.45) is 5.24. The summed E-state index contributed by atoms with van der Waals surface area (Å²) in [5.41, 5.74) is 0. The molecule has 1 aliphatic rings. The number of rotatable bonds is 6. The molecule has 4 nitrogen and oxygen atoms in total. The zero-order valence-electron chi connectivity index (χ0n) is 12.7. The molecule has 116 valence electrons. The van der Waals surface area contributed by atoms with Crippen molar-refractivity contribution in [1.82, 2.24) is 5.32 Å². The number of ketones is 1. The molecule has 0 aliphatic heterocycles. The Morgan fingerprint density at radius 3 is 2.67 bits per heavy atom. The number of carbonyl (C=O) groups is 2.